The van der Waals surface area contributed by atoms with Gasteiger partial charge in [-0.2, -0.15) is 0 Å². The second-order valence-electron chi connectivity index (χ2n) is 9.99. The molecule has 1 aliphatic heterocycles. The number of hydrogen-bond acceptors (Lipinski definition) is 9. The van der Waals surface area contributed by atoms with Gasteiger partial charge >= 0.3 is 0 Å². The minimum absolute atomic E-state index is 0.119. The van der Waals surface area contributed by atoms with E-state index >= 15 is 0 Å². The average molecular weight is 578 g/mol. The van der Waals surface area contributed by atoms with Crippen LogP contribution in [0.4, 0.5) is 17.3 Å². The van der Waals surface area contributed by atoms with E-state index < -0.39 is 19.8 Å². The molecule has 5 rings (SSSR count). The highest BCUT2D eigenvalue weighted by atomic mass is 35.5. The van der Waals surface area contributed by atoms with E-state index in [1.54, 1.807) is 30.5 Å². The molecule has 1 saturated carbocycles. The molecule has 38 heavy (non-hydrogen) atoms. The third kappa shape index (κ3) is 5.64. The fourth-order valence-electron chi connectivity index (χ4n) is 4.03. The Hall–Kier alpha value is -3.15. The number of hydrogen-bond donors (Lipinski definition) is 2. The Labute approximate surface area is 230 Å². The summed E-state index contributed by atoms with van der Waals surface area (Å²) >= 11 is 12.5. The van der Waals surface area contributed by atoms with Gasteiger partial charge in [0, 0.05) is 36.9 Å². The van der Waals surface area contributed by atoms with Crippen LogP contribution < -0.4 is 20.1 Å². The zero-order valence-electron chi connectivity index (χ0n) is 21.0. The highest BCUT2D eigenvalue weighted by Crippen LogP contribution is 2.59. The van der Waals surface area contributed by atoms with Crippen LogP contribution in [-0.4, -0.2) is 52.1 Å². The lowest BCUT2D eigenvalue weighted by atomic mass is 10.1. The van der Waals surface area contributed by atoms with E-state index in [9.17, 15) is 13.2 Å². The van der Waals surface area contributed by atoms with E-state index in [2.05, 4.69) is 25.6 Å². The Balaban J connectivity index is 1.58. The van der Waals surface area contributed by atoms with Gasteiger partial charge in [-0.3, -0.25) is 4.79 Å². The maximum absolute atomic E-state index is 12.4. The lowest BCUT2D eigenvalue weighted by Crippen LogP contribution is -2.39. The number of fused-ring (bicyclic) bond motifs is 1. The smallest absolute Gasteiger partial charge is 0.257 e. The van der Waals surface area contributed by atoms with Crippen LogP contribution >= 0.6 is 23.2 Å². The molecular formula is C25H25Cl2N5O5S. The summed E-state index contributed by atoms with van der Waals surface area (Å²) < 4.78 is 35.6. The molecule has 1 atom stereocenters. The zero-order chi connectivity index (χ0) is 27.5. The number of rotatable bonds is 6. The fourth-order valence-corrected chi connectivity index (χ4v) is 5.21. The maximum atomic E-state index is 12.4. The summed E-state index contributed by atoms with van der Waals surface area (Å²) in [4.78, 5) is 24.9. The van der Waals surface area contributed by atoms with E-state index in [1.807, 2.05) is 13.8 Å². The van der Waals surface area contributed by atoms with Gasteiger partial charge in [0.1, 0.15) is 28.2 Å². The first kappa shape index (κ1) is 26.5. The molecule has 4 heterocycles. The predicted molar refractivity (Wildman–Crippen MR) is 144 cm³/mol. The predicted octanol–water partition coefficient (Wildman–Crippen LogP) is 4.86. The number of pyridine rings is 3. The van der Waals surface area contributed by atoms with Gasteiger partial charge in [-0.05, 0) is 50.1 Å². The van der Waals surface area contributed by atoms with Gasteiger partial charge in [0.05, 0.1) is 11.4 Å². The Bertz CT molecular complexity index is 1560. The van der Waals surface area contributed by atoms with Crippen molar-refractivity contribution in [1.82, 2.24) is 15.0 Å². The highest BCUT2D eigenvalue weighted by molar-refractivity contribution is 7.90. The molecule has 0 saturated heterocycles. The zero-order valence-corrected chi connectivity index (χ0v) is 23.3. The minimum Gasteiger partial charge on any atom is -0.479 e. The van der Waals surface area contributed by atoms with Gasteiger partial charge in [-0.25, -0.2) is 23.4 Å². The Morgan fingerprint density at radius 3 is 2.53 bits per heavy atom. The number of amides is 1. The van der Waals surface area contributed by atoms with Gasteiger partial charge in [0.2, 0.25) is 5.91 Å². The lowest BCUT2D eigenvalue weighted by molar-refractivity contribution is -0.114. The van der Waals surface area contributed by atoms with Crippen molar-refractivity contribution in [3.63, 3.8) is 0 Å². The van der Waals surface area contributed by atoms with Gasteiger partial charge in [0.15, 0.2) is 20.6 Å². The molecular weight excluding hydrogens is 553 g/mol. The Morgan fingerprint density at radius 1 is 1.13 bits per heavy atom. The van der Waals surface area contributed by atoms with Crippen LogP contribution in [0.3, 0.4) is 0 Å². The molecule has 0 spiro atoms. The molecule has 0 unspecified atom stereocenters. The maximum Gasteiger partial charge on any atom is 0.257 e. The molecule has 0 radical (unpaired) electrons. The summed E-state index contributed by atoms with van der Waals surface area (Å²) in [5.74, 6) is 0.859. The molecule has 13 heteroatoms. The number of nitrogens with one attached hydrogen (secondary N) is 2. The quantitative estimate of drug-likeness (QED) is 0.394. The Kier molecular flexibility index (Phi) is 6.44. The van der Waals surface area contributed by atoms with Crippen LogP contribution in [0.25, 0.3) is 11.3 Å². The van der Waals surface area contributed by atoms with E-state index in [1.165, 1.54) is 13.0 Å². The number of ether oxygens (including phenoxy) is 2. The van der Waals surface area contributed by atoms with Gasteiger partial charge in [-0.15, -0.1) is 23.2 Å². The van der Waals surface area contributed by atoms with Crippen molar-refractivity contribution in [2.24, 2.45) is 0 Å². The molecule has 10 nitrogen and oxygen atoms in total. The largest absolute Gasteiger partial charge is 0.479 e. The van der Waals surface area contributed by atoms with Crippen molar-refractivity contribution in [3.8, 4) is 22.9 Å². The van der Waals surface area contributed by atoms with Gasteiger partial charge in [-0.1, -0.05) is 0 Å². The van der Waals surface area contributed by atoms with E-state index in [4.69, 9.17) is 32.7 Å². The summed E-state index contributed by atoms with van der Waals surface area (Å²) in [6.07, 6.45) is 3.12. The first-order valence-corrected chi connectivity index (χ1v) is 14.3. The second kappa shape index (κ2) is 9.25. The summed E-state index contributed by atoms with van der Waals surface area (Å²) in [7, 11) is -3.64. The third-order valence-electron chi connectivity index (χ3n) is 5.95. The number of halogens is 2. The van der Waals surface area contributed by atoms with Crippen molar-refractivity contribution in [2.75, 3.05) is 23.5 Å². The monoisotopic (exact) mass is 577 g/mol. The van der Waals surface area contributed by atoms with Crippen molar-refractivity contribution >= 4 is 56.3 Å². The van der Waals surface area contributed by atoms with E-state index in [0.717, 1.165) is 6.26 Å². The van der Waals surface area contributed by atoms with Crippen LogP contribution in [0.5, 0.6) is 11.6 Å². The standard InChI is InChI=1S/C25H25Cl2N5O5S/c1-13(33)29-20-9-18(15(11-28-20)17-5-6-19-23(31-17)36-12-24(2,3)37-19)30-21-7-14(16-10-25(16,26)27)8-22(32-21)38(4,34)35/h5-9,11,16H,10,12H2,1-4H3,(H2,28,29,30,32,33)/t16-/m0/s1. The van der Waals surface area contributed by atoms with E-state index in [0.29, 0.717) is 47.2 Å². The Morgan fingerprint density at radius 2 is 1.87 bits per heavy atom. The molecule has 0 bridgehead atoms. The number of anilines is 3. The third-order valence-corrected chi connectivity index (χ3v) is 7.75. The molecule has 0 aromatic carbocycles. The highest BCUT2D eigenvalue weighted by Gasteiger charge is 2.52. The first-order chi connectivity index (χ1) is 17.7. The molecule has 1 aliphatic carbocycles. The number of nitrogens with zero attached hydrogens (tertiary/aromatic N) is 3. The minimum atomic E-state index is -3.64. The summed E-state index contributed by atoms with van der Waals surface area (Å²) in [5, 5.41) is 5.70. The number of carbonyl (C=O) groups excluding carboxylic acids is 1. The van der Waals surface area contributed by atoms with Crippen LogP contribution in [0.2, 0.25) is 0 Å². The van der Waals surface area contributed by atoms with E-state index in [-0.39, 0.29) is 28.5 Å². The normalized spacial score (nSPS) is 18.9. The van der Waals surface area contributed by atoms with Crippen molar-refractivity contribution in [2.45, 2.75) is 48.1 Å². The number of alkyl halides is 2. The van der Waals surface area contributed by atoms with Crippen LogP contribution in [0.15, 0.2) is 41.6 Å². The molecule has 1 fully saturated rings. The SMILES string of the molecule is CC(=O)Nc1cc(Nc2cc([C@@H]3CC3(Cl)Cl)cc(S(C)(=O)=O)n2)c(-c2ccc3c(n2)OCC(C)(C)O3)cn1. The molecule has 1 amide bonds. The molecule has 2 aliphatic rings. The average Bonchev–Trinajstić information content (AvgIpc) is 3.45. The lowest BCUT2D eigenvalue weighted by Gasteiger charge is -2.31. The van der Waals surface area contributed by atoms with Crippen LogP contribution in [0, 0.1) is 0 Å². The fraction of sp³-hybridized carbons (Fsp3) is 0.360. The van der Waals surface area contributed by atoms with Crippen molar-refractivity contribution in [3.05, 3.63) is 42.1 Å². The molecule has 200 valence electrons. The van der Waals surface area contributed by atoms with Gasteiger partial charge in [0.25, 0.3) is 5.88 Å². The second-order valence-corrected chi connectivity index (χ2v) is 13.5. The molecule has 3 aromatic rings. The van der Waals surface area contributed by atoms with Gasteiger partial charge < -0.3 is 20.1 Å². The summed E-state index contributed by atoms with van der Waals surface area (Å²) in [5.41, 5.74) is 1.70. The number of aromatic nitrogens is 3. The number of carbonyl (C=O) groups is 1. The number of sulfone groups is 1. The van der Waals surface area contributed by atoms with Crippen molar-refractivity contribution in [1.29, 1.82) is 0 Å². The first-order valence-electron chi connectivity index (χ1n) is 11.7. The summed E-state index contributed by atoms with van der Waals surface area (Å²) in [6, 6.07) is 8.32. The van der Waals surface area contributed by atoms with Crippen LogP contribution in [-0.2, 0) is 14.6 Å². The van der Waals surface area contributed by atoms with Crippen molar-refractivity contribution < 1.29 is 22.7 Å². The summed E-state index contributed by atoms with van der Waals surface area (Å²) in [6.45, 7) is 5.54. The topological polar surface area (TPSA) is 132 Å². The molecule has 3 aromatic heterocycles. The molecule has 2 N–H and O–H groups in total. The van der Waals surface area contributed by atoms with Crippen LogP contribution in [0.1, 0.15) is 38.7 Å².